The summed E-state index contributed by atoms with van der Waals surface area (Å²) in [5, 5.41) is 15.5. The standard InChI is InChI=1S/C24H27N5O4/c1-24(2)10-19(22(32)27-17(12-30)8-15-6-7-26-21(15)31)29(13-24)23(33)18-9-14-4-3-5-16(11-25)20(14)28-18/h3-5,9,12,15,17,19,28H,6-8,10,13H2,1-2H3,(H,26,31)(H,27,32)/t15-,17-,19-/m0/s1. The topological polar surface area (TPSA) is 135 Å². The maximum atomic E-state index is 13.4. The minimum atomic E-state index is -0.793. The van der Waals surface area contributed by atoms with Gasteiger partial charge in [0.25, 0.3) is 5.91 Å². The van der Waals surface area contributed by atoms with Crippen molar-refractivity contribution in [2.75, 3.05) is 13.1 Å². The molecule has 3 amide bonds. The van der Waals surface area contributed by atoms with Gasteiger partial charge in [-0.3, -0.25) is 14.4 Å². The predicted octanol–water partition coefficient (Wildman–Crippen LogP) is 1.49. The first-order valence-electron chi connectivity index (χ1n) is 11.1. The molecule has 9 nitrogen and oxygen atoms in total. The average Bonchev–Trinajstić information content (AvgIpc) is 3.48. The van der Waals surface area contributed by atoms with Crippen LogP contribution in [0.1, 0.15) is 49.2 Å². The zero-order valence-electron chi connectivity index (χ0n) is 18.7. The van der Waals surface area contributed by atoms with E-state index in [2.05, 4.69) is 21.7 Å². The largest absolute Gasteiger partial charge is 0.356 e. The zero-order chi connectivity index (χ0) is 23.8. The molecule has 2 saturated heterocycles. The van der Waals surface area contributed by atoms with Crippen LogP contribution in [-0.2, 0) is 14.4 Å². The lowest BCUT2D eigenvalue weighted by Crippen LogP contribution is -2.49. The quantitative estimate of drug-likeness (QED) is 0.574. The zero-order valence-corrected chi connectivity index (χ0v) is 18.7. The van der Waals surface area contributed by atoms with Crippen molar-refractivity contribution in [3.05, 3.63) is 35.5 Å². The molecular formula is C24H27N5O4. The van der Waals surface area contributed by atoms with Gasteiger partial charge in [-0.1, -0.05) is 26.0 Å². The van der Waals surface area contributed by atoms with Crippen LogP contribution in [0.2, 0.25) is 0 Å². The Morgan fingerprint density at radius 2 is 2.18 bits per heavy atom. The number of fused-ring (bicyclic) bond motifs is 1. The second kappa shape index (κ2) is 8.70. The Morgan fingerprint density at radius 1 is 1.39 bits per heavy atom. The molecule has 0 bridgehead atoms. The molecule has 0 saturated carbocycles. The highest BCUT2D eigenvalue weighted by Gasteiger charge is 2.44. The Hall–Kier alpha value is -3.67. The van der Waals surface area contributed by atoms with Gasteiger partial charge in [0.1, 0.15) is 24.1 Å². The van der Waals surface area contributed by atoms with E-state index in [1.54, 1.807) is 18.2 Å². The Bertz CT molecular complexity index is 1160. The third-order valence-corrected chi connectivity index (χ3v) is 6.48. The second-order valence-electron chi connectivity index (χ2n) is 9.65. The number of aromatic nitrogens is 1. The molecule has 172 valence electrons. The van der Waals surface area contributed by atoms with Gasteiger partial charge in [0.15, 0.2) is 0 Å². The van der Waals surface area contributed by atoms with Gasteiger partial charge in [-0.05, 0) is 36.8 Å². The molecule has 0 aliphatic carbocycles. The molecule has 0 radical (unpaired) electrons. The summed E-state index contributed by atoms with van der Waals surface area (Å²) in [7, 11) is 0. The summed E-state index contributed by atoms with van der Waals surface area (Å²) in [4.78, 5) is 54.6. The number of benzene rings is 1. The molecule has 2 aliphatic heterocycles. The van der Waals surface area contributed by atoms with Crippen LogP contribution in [0.4, 0.5) is 0 Å². The minimum absolute atomic E-state index is 0.106. The van der Waals surface area contributed by atoms with Crippen LogP contribution in [0.3, 0.4) is 0 Å². The van der Waals surface area contributed by atoms with E-state index in [-0.39, 0.29) is 29.6 Å². The van der Waals surface area contributed by atoms with E-state index < -0.39 is 18.0 Å². The third-order valence-electron chi connectivity index (χ3n) is 6.48. The average molecular weight is 450 g/mol. The Balaban J connectivity index is 1.54. The van der Waals surface area contributed by atoms with Crippen molar-refractivity contribution in [2.45, 2.75) is 45.2 Å². The van der Waals surface area contributed by atoms with Gasteiger partial charge in [-0.25, -0.2) is 0 Å². The highest BCUT2D eigenvalue weighted by Crippen LogP contribution is 2.35. The number of carbonyl (C=O) groups is 4. The first-order valence-corrected chi connectivity index (χ1v) is 11.1. The molecule has 1 aromatic heterocycles. The van der Waals surface area contributed by atoms with Gasteiger partial charge in [-0.2, -0.15) is 5.26 Å². The smallest absolute Gasteiger partial charge is 0.271 e. The van der Waals surface area contributed by atoms with Crippen molar-refractivity contribution in [3.8, 4) is 6.07 Å². The molecular weight excluding hydrogens is 422 g/mol. The van der Waals surface area contributed by atoms with Crippen molar-refractivity contribution in [3.63, 3.8) is 0 Å². The van der Waals surface area contributed by atoms with Crippen LogP contribution in [0.25, 0.3) is 10.9 Å². The van der Waals surface area contributed by atoms with E-state index in [0.29, 0.717) is 49.0 Å². The summed E-state index contributed by atoms with van der Waals surface area (Å²) in [5.41, 5.74) is 1.03. The number of rotatable bonds is 6. The van der Waals surface area contributed by atoms with E-state index in [0.717, 1.165) is 5.39 Å². The number of aromatic amines is 1. The Labute approximate surface area is 191 Å². The lowest BCUT2D eigenvalue weighted by Gasteiger charge is -2.25. The summed E-state index contributed by atoms with van der Waals surface area (Å²) in [6, 6.07) is 7.50. The lowest BCUT2D eigenvalue weighted by molar-refractivity contribution is -0.128. The molecule has 1 aromatic carbocycles. The third kappa shape index (κ3) is 4.46. The second-order valence-corrected chi connectivity index (χ2v) is 9.65. The van der Waals surface area contributed by atoms with Gasteiger partial charge in [0, 0.05) is 24.4 Å². The van der Waals surface area contributed by atoms with E-state index >= 15 is 0 Å². The molecule has 2 fully saturated rings. The number of nitriles is 1. The number of nitrogens with zero attached hydrogens (tertiary/aromatic N) is 2. The fourth-order valence-electron chi connectivity index (χ4n) is 4.84. The number of para-hydroxylation sites is 1. The van der Waals surface area contributed by atoms with E-state index in [1.807, 2.05) is 19.9 Å². The first-order chi connectivity index (χ1) is 15.7. The summed E-state index contributed by atoms with van der Waals surface area (Å²) in [6.07, 6.45) is 1.97. The molecule has 3 heterocycles. The molecule has 0 spiro atoms. The van der Waals surface area contributed by atoms with Crippen LogP contribution in [0.5, 0.6) is 0 Å². The van der Waals surface area contributed by atoms with Gasteiger partial charge in [-0.15, -0.1) is 0 Å². The van der Waals surface area contributed by atoms with Crippen LogP contribution >= 0.6 is 0 Å². The molecule has 0 unspecified atom stereocenters. The molecule has 33 heavy (non-hydrogen) atoms. The molecule has 3 atom stereocenters. The van der Waals surface area contributed by atoms with E-state index in [9.17, 15) is 24.4 Å². The molecule has 3 N–H and O–H groups in total. The lowest BCUT2D eigenvalue weighted by atomic mass is 9.90. The van der Waals surface area contributed by atoms with Crippen molar-refractivity contribution in [1.82, 2.24) is 20.5 Å². The van der Waals surface area contributed by atoms with Gasteiger partial charge in [0.2, 0.25) is 11.8 Å². The Kier molecular flexibility index (Phi) is 5.93. The van der Waals surface area contributed by atoms with Gasteiger partial charge >= 0.3 is 0 Å². The fraction of sp³-hybridized carbons (Fsp3) is 0.458. The van der Waals surface area contributed by atoms with Crippen molar-refractivity contribution < 1.29 is 19.2 Å². The number of amides is 3. The van der Waals surface area contributed by atoms with Crippen LogP contribution < -0.4 is 10.6 Å². The predicted molar refractivity (Wildman–Crippen MR) is 120 cm³/mol. The number of H-pyrrole nitrogens is 1. The summed E-state index contributed by atoms with van der Waals surface area (Å²) >= 11 is 0. The van der Waals surface area contributed by atoms with Crippen molar-refractivity contribution in [1.29, 1.82) is 5.26 Å². The van der Waals surface area contributed by atoms with Gasteiger partial charge < -0.3 is 25.3 Å². The van der Waals surface area contributed by atoms with E-state index in [4.69, 9.17) is 0 Å². The number of aldehydes is 1. The van der Waals surface area contributed by atoms with E-state index in [1.165, 1.54) is 4.90 Å². The highest BCUT2D eigenvalue weighted by molar-refractivity contribution is 6.01. The number of hydrogen-bond acceptors (Lipinski definition) is 5. The maximum Gasteiger partial charge on any atom is 0.271 e. The summed E-state index contributed by atoms with van der Waals surface area (Å²) in [5.74, 6) is -1.15. The summed E-state index contributed by atoms with van der Waals surface area (Å²) in [6.45, 7) is 4.92. The van der Waals surface area contributed by atoms with Crippen LogP contribution in [0.15, 0.2) is 24.3 Å². The summed E-state index contributed by atoms with van der Waals surface area (Å²) < 4.78 is 0. The maximum absolute atomic E-state index is 13.4. The Morgan fingerprint density at radius 3 is 2.85 bits per heavy atom. The fourth-order valence-corrected chi connectivity index (χ4v) is 4.84. The minimum Gasteiger partial charge on any atom is -0.356 e. The SMILES string of the molecule is CC1(C)C[C@@H](C(=O)N[C@H](C=O)C[C@@H]2CCNC2=O)N(C(=O)c2cc3cccc(C#N)c3[nH]2)C1. The molecule has 2 aromatic rings. The number of carbonyl (C=O) groups excluding carboxylic acids is 4. The molecule has 2 aliphatic rings. The highest BCUT2D eigenvalue weighted by atomic mass is 16.2. The van der Waals surface area contributed by atoms with Crippen LogP contribution in [-0.4, -0.2) is 59.1 Å². The number of hydrogen-bond donors (Lipinski definition) is 3. The molecule has 4 rings (SSSR count). The number of likely N-dealkylation sites (tertiary alicyclic amines) is 1. The normalized spacial score (nSPS) is 22.6. The van der Waals surface area contributed by atoms with Crippen LogP contribution in [0, 0.1) is 22.7 Å². The molecule has 9 heteroatoms. The van der Waals surface area contributed by atoms with Crippen molar-refractivity contribution >= 4 is 34.9 Å². The number of nitrogens with one attached hydrogen (secondary N) is 3. The monoisotopic (exact) mass is 449 g/mol. The van der Waals surface area contributed by atoms with Gasteiger partial charge in [0.05, 0.1) is 17.1 Å². The van der Waals surface area contributed by atoms with Crippen molar-refractivity contribution in [2.24, 2.45) is 11.3 Å². The first kappa shape index (κ1) is 22.5.